The Morgan fingerprint density at radius 2 is 2.00 bits per heavy atom. The molecular weight excluding hydrogens is 298 g/mol. The monoisotopic (exact) mass is 313 g/mol. The van der Waals surface area contributed by atoms with Crippen LogP contribution in [-0.2, 0) is 0 Å². The van der Waals surface area contributed by atoms with Crippen LogP contribution >= 0.6 is 11.3 Å². The molecule has 0 aliphatic carbocycles. The van der Waals surface area contributed by atoms with E-state index in [1.807, 2.05) is 17.5 Å². The molecule has 0 aliphatic heterocycles. The molecule has 22 heavy (non-hydrogen) atoms. The van der Waals surface area contributed by atoms with Crippen LogP contribution in [0.15, 0.2) is 46.4 Å². The van der Waals surface area contributed by atoms with Crippen molar-refractivity contribution in [3.63, 3.8) is 0 Å². The van der Waals surface area contributed by atoms with Crippen LogP contribution in [0, 0.1) is 0 Å². The summed E-state index contributed by atoms with van der Waals surface area (Å²) >= 11 is 1.38. The Morgan fingerprint density at radius 3 is 2.64 bits per heavy atom. The normalized spacial score (nSPS) is 10.9. The molecule has 0 fully saturated rings. The minimum atomic E-state index is -0.353. The molecule has 0 saturated carbocycles. The summed E-state index contributed by atoms with van der Waals surface area (Å²) in [7, 11) is 0. The zero-order valence-corrected chi connectivity index (χ0v) is 13.1. The first-order valence-electron chi connectivity index (χ1n) is 6.91. The van der Waals surface area contributed by atoms with Crippen LogP contribution in [0.1, 0.15) is 35.9 Å². The molecule has 2 aromatic heterocycles. The number of nitrogens with one attached hydrogen (secondary N) is 1. The van der Waals surface area contributed by atoms with Gasteiger partial charge in [0, 0.05) is 17.0 Å². The first-order chi connectivity index (χ1) is 10.6. The van der Waals surface area contributed by atoms with Gasteiger partial charge in [-0.3, -0.25) is 10.1 Å². The summed E-state index contributed by atoms with van der Waals surface area (Å²) in [5, 5.41) is 8.65. The number of rotatable bonds is 4. The van der Waals surface area contributed by atoms with Crippen molar-refractivity contribution >= 4 is 22.4 Å². The summed E-state index contributed by atoms with van der Waals surface area (Å²) in [5.74, 6) is 0.313. The third-order valence-corrected chi connectivity index (χ3v) is 4.02. The Balaban J connectivity index is 1.74. The van der Waals surface area contributed by atoms with E-state index in [9.17, 15) is 4.79 Å². The molecule has 112 valence electrons. The molecule has 3 aromatic rings. The summed E-state index contributed by atoms with van der Waals surface area (Å²) in [6.07, 6.45) is 1.43. The van der Waals surface area contributed by atoms with Crippen molar-refractivity contribution < 1.29 is 9.32 Å². The summed E-state index contributed by atoms with van der Waals surface area (Å²) in [6, 6.07) is 9.81. The second kappa shape index (κ2) is 6.11. The number of carbonyl (C=O) groups excluding carboxylic acids is 1. The Bertz CT molecular complexity index is 761. The van der Waals surface area contributed by atoms with Gasteiger partial charge in [0.2, 0.25) is 5.76 Å². The average Bonchev–Trinajstić information content (AvgIpc) is 3.19. The minimum absolute atomic E-state index is 0.165. The third kappa shape index (κ3) is 3.07. The summed E-state index contributed by atoms with van der Waals surface area (Å²) < 4.78 is 4.81. The fourth-order valence-corrected chi connectivity index (χ4v) is 2.71. The minimum Gasteiger partial charge on any atom is -0.351 e. The number of hydrogen-bond acceptors (Lipinski definition) is 5. The standard InChI is InChI=1S/C16H15N3O2S/c1-10(2)11-3-5-12(6-4-11)13-9-22-16(18-13)19-15(20)14-7-8-17-21-14/h3-10H,1-2H3,(H,18,19,20). The zero-order chi connectivity index (χ0) is 15.5. The van der Waals surface area contributed by atoms with E-state index in [1.54, 1.807) is 0 Å². The van der Waals surface area contributed by atoms with Gasteiger partial charge in [-0.2, -0.15) is 0 Å². The molecule has 0 unspecified atom stereocenters. The quantitative estimate of drug-likeness (QED) is 0.784. The zero-order valence-electron chi connectivity index (χ0n) is 12.2. The molecule has 0 spiro atoms. The Kier molecular flexibility index (Phi) is 4.02. The van der Waals surface area contributed by atoms with Crippen LogP contribution in [0.25, 0.3) is 11.3 Å². The van der Waals surface area contributed by atoms with E-state index in [0.29, 0.717) is 11.0 Å². The maximum Gasteiger partial charge on any atom is 0.296 e. The highest BCUT2D eigenvalue weighted by atomic mass is 32.1. The molecule has 0 aliphatic rings. The van der Waals surface area contributed by atoms with E-state index in [0.717, 1.165) is 11.3 Å². The average molecular weight is 313 g/mol. The van der Waals surface area contributed by atoms with Crippen molar-refractivity contribution in [2.45, 2.75) is 19.8 Å². The number of aromatic nitrogens is 2. The molecule has 0 radical (unpaired) electrons. The van der Waals surface area contributed by atoms with Crippen molar-refractivity contribution in [1.29, 1.82) is 0 Å². The van der Waals surface area contributed by atoms with E-state index >= 15 is 0 Å². The highest BCUT2D eigenvalue weighted by molar-refractivity contribution is 7.14. The first-order valence-corrected chi connectivity index (χ1v) is 7.79. The van der Waals surface area contributed by atoms with Crippen molar-refractivity contribution in [1.82, 2.24) is 10.1 Å². The molecule has 2 heterocycles. The lowest BCUT2D eigenvalue weighted by Crippen LogP contribution is -2.10. The molecule has 3 rings (SSSR count). The number of benzene rings is 1. The molecular formula is C16H15N3O2S. The first kappa shape index (κ1) is 14.5. The fourth-order valence-electron chi connectivity index (χ4n) is 1.99. The molecule has 1 amide bonds. The van der Waals surface area contributed by atoms with Gasteiger partial charge in [0.1, 0.15) is 0 Å². The topological polar surface area (TPSA) is 68.0 Å². The lowest BCUT2D eigenvalue weighted by atomic mass is 10.0. The van der Waals surface area contributed by atoms with Gasteiger partial charge in [0.25, 0.3) is 5.91 Å². The fraction of sp³-hybridized carbons (Fsp3) is 0.188. The number of carbonyl (C=O) groups is 1. The van der Waals surface area contributed by atoms with Gasteiger partial charge < -0.3 is 4.52 Å². The number of amides is 1. The SMILES string of the molecule is CC(C)c1ccc(-c2csc(NC(=O)c3ccno3)n2)cc1. The molecule has 1 N–H and O–H groups in total. The highest BCUT2D eigenvalue weighted by Crippen LogP contribution is 2.26. The van der Waals surface area contributed by atoms with Gasteiger partial charge in [0.05, 0.1) is 11.9 Å². The van der Waals surface area contributed by atoms with Gasteiger partial charge in [0.15, 0.2) is 5.13 Å². The van der Waals surface area contributed by atoms with Gasteiger partial charge in [-0.25, -0.2) is 4.98 Å². The van der Waals surface area contributed by atoms with Gasteiger partial charge in [-0.15, -0.1) is 11.3 Å². The van der Waals surface area contributed by atoms with Crippen LogP contribution in [0.2, 0.25) is 0 Å². The van der Waals surface area contributed by atoms with E-state index in [-0.39, 0.29) is 11.7 Å². The lowest BCUT2D eigenvalue weighted by Gasteiger charge is -2.05. The van der Waals surface area contributed by atoms with Crippen molar-refractivity contribution in [2.24, 2.45) is 0 Å². The largest absolute Gasteiger partial charge is 0.351 e. The predicted octanol–water partition coefficient (Wildman–Crippen LogP) is 4.17. The van der Waals surface area contributed by atoms with E-state index in [2.05, 4.69) is 41.4 Å². The Hall–Kier alpha value is -2.47. The summed E-state index contributed by atoms with van der Waals surface area (Å²) in [6.45, 7) is 4.32. The predicted molar refractivity (Wildman–Crippen MR) is 86.1 cm³/mol. The molecule has 0 saturated heterocycles. The summed E-state index contributed by atoms with van der Waals surface area (Å²) in [4.78, 5) is 16.3. The van der Waals surface area contributed by atoms with Crippen LogP contribution in [-0.4, -0.2) is 16.0 Å². The molecule has 0 bridgehead atoms. The van der Waals surface area contributed by atoms with Crippen molar-refractivity contribution in [3.05, 3.63) is 53.2 Å². The maximum atomic E-state index is 11.9. The van der Waals surface area contributed by atoms with E-state index in [4.69, 9.17) is 4.52 Å². The molecule has 0 atom stereocenters. The highest BCUT2D eigenvalue weighted by Gasteiger charge is 2.12. The number of thiazole rings is 1. The van der Waals surface area contributed by atoms with Gasteiger partial charge in [-0.1, -0.05) is 43.3 Å². The summed E-state index contributed by atoms with van der Waals surface area (Å²) in [5.41, 5.74) is 3.16. The van der Waals surface area contributed by atoms with Crippen molar-refractivity contribution in [3.8, 4) is 11.3 Å². The van der Waals surface area contributed by atoms with Crippen molar-refractivity contribution in [2.75, 3.05) is 5.32 Å². The Labute approximate surface area is 132 Å². The van der Waals surface area contributed by atoms with Crippen LogP contribution < -0.4 is 5.32 Å². The number of anilines is 1. The van der Waals surface area contributed by atoms with Gasteiger partial charge in [-0.05, 0) is 11.5 Å². The second-order valence-corrected chi connectivity index (χ2v) is 6.00. The van der Waals surface area contributed by atoms with Crippen LogP contribution in [0.5, 0.6) is 0 Å². The van der Waals surface area contributed by atoms with Crippen LogP contribution in [0.3, 0.4) is 0 Å². The smallest absolute Gasteiger partial charge is 0.296 e. The second-order valence-electron chi connectivity index (χ2n) is 5.15. The van der Waals surface area contributed by atoms with E-state index in [1.165, 1.54) is 29.2 Å². The Morgan fingerprint density at radius 1 is 1.23 bits per heavy atom. The lowest BCUT2D eigenvalue weighted by molar-refractivity contribution is 0.0988. The van der Waals surface area contributed by atoms with Crippen LogP contribution in [0.4, 0.5) is 5.13 Å². The molecule has 1 aromatic carbocycles. The number of hydrogen-bond donors (Lipinski definition) is 1. The van der Waals surface area contributed by atoms with Gasteiger partial charge >= 0.3 is 0 Å². The maximum absolute atomic E-state index is 11.9. The molecule has 6 heteroatoms. The third-order valence-electron chi connectivity index (χ3n) is 3.26. The van der Waals surface area contributed by atoms with E-state index < -0.39 is 0 Å². The molecule has 5 nitrogen and oxygen atoms in total. The number of nitrogens with zero attached hydrogens (tertiary/aromatic N) is 2.